The lowest BCUT2D eigenvalue weighted by molar-refractivity contribution is 0.0266. The Balaban J connectivity index is 2.22. The summed E-state index contributed by atoms with van der Waals surface area (Å²) in [5, 5.41) is 19.1. The van der Waals surface area contributed by atoms with E-state index in [1.54, 1.807) is 18.2 Å². The van der Waals surface area contributed by atoms with Gasteiger partial charge in [-0.05, 0) is 24.6 Å². The van der Waals surface area contributed by atoms with Crippen molar-refractivity contribution in [3.05, 3.63) is 23.8 Å². The van der Waals surface area contributed by atoms with Crippen molar-refractivity contribution in [2.75, 3.05) is 32.9 Å². The van der Waals surface area contributed by atoms with E-state index in [0.29, 0.717) is 25.6 Å². The molecule has 19 heavy (non-hydrogen) atoms. The lowest BCUT2D eigenvalue weighted by Gasteiger charge is -2.30. The molecule has 2 rings (SSSR count). The van der Waals surface area contributed by atoms with Crippen molar-refractivity contribution < 1.29 is 14.6 Å². The monoisotopic (exact) mass is 262 g/mol. The van der Waals surface area contributed by atoms with E-state index >= 15 is 0 Å². The Morgan fingerprint density at radius 2 is 2.21 bits per heavy atom. The Morgan fingerprint density at radius 1 is 1.47 bits per heavy atom. The van der Waals surface area contributed by atoms with Crippen molar-refractivity contribution in [1.82, 2.24) is 4.90 Å². The van der Waals surface area contributed by atoms with Crippen LogP contribution in [0.4, 0.5) is 0 Å². The summed E-state index contributed by atoms with van der Waals surface area (Å²) in [5.41, 5.74) is 0.839. The van der Waals surface area contributed by atoms with Crippen molar-refractivity contribution in [3.63, 3.8) is 0 Å². The third-order valence-electron chi connectivity index (χ3n) is 3.13. The van der Waals surface area contributed by atoms with Crippen molar-refractivity contribution >= 4 is 0 Å². The molecule has 1 fully saturated rings. The van der Waals surface area contributed by atoms with E-state index in [0.717, 1.165) is 18.7 Å². The number of nitriles is 1. The molecule has 1 saturated heterocycles. The first-order valence-corrected chi connectivity index (χ1v) is 6.43. The quantitative estimate of drug-likeness (QED) is 0.894. The highest BCUT2D eigenvalue weighted by molar-refractivity contribution is 5.43. The molecule has 0 saturated carbocycles. The number of hydrogen-bond acceptors (Lipinski definition) is 5. The van der Waals surface area contributed by atoms with Crippen LogP contribution < -0.4 is 4.74 Å². The summed E-state index contributed by atoms with van der Waals surface area (Å²) in [5.74, 6) is 0.526. The van der Waals surface area contributed by atoms with E-state index in [4.69, 9.17) is 9.47 Å². The number of morpholine rings is 1. The summed E-state index contributed by atoms with van der Waals surface area (Å²) in [6.45, 7) is 5.11. The SMILES string of the molecule is CCOc1cc(C(C#N)N2CCOCC2)ccc1O. The molecule has 1 heterocycles. The molecule has 1 aromatic rings. The molecule has 1 aliphatic heterocycles. The van der Waals surface area contributed by atoms with Gasteiger partial charge < -0.3 is 14.6 Å². The number of aromatic hydroxyl groups is 1. The van der Waals surface area contributed by atoms with Gasteiger partial charge in [-0.1, -0.05) is 6.07 Å². The van der Waals surface area contributed by atoms with Crippen LogP contribution in [0, 0.1) is 11.3 Å². The molecular formula is C14H18N2O3. The molecule has 5 nitrogen and oxygen atoms in total. The van der Waals surface area contributed by atoms with E-state index in [-0.39, 0.29) is 11.8 Å². The summed E-state index contributed by atoms with van der Waals surface area (Å²) in [6.07, 6.45) is 0. The van der Waals surface area contributed by atoms with Gasteiger partial charge in [0.2, 0.25) is 0 Å². The molecule has 0 aliphatic carbocycles. The van der Waals surface area contributed by atoms with Crippen molar-refractivity contribution in [1.29, 1.82) is 5.26 Å². The van der Waals surface area contributed by atoms with Crippen molar-refractivity contribution in [3.8, 4) is 17.6 Å². The lowest BCUT2D eigenvalue weighted by atomic mass is 10.1. The van der Waals surface area contributed by atoms with Crippen LogP contribution in [0.5, 0.6) is 11.5 Å². The summed E-state index contributed by atoms with van der Waals surface area (Å²) < 4.78 is 10.7. The van der Waals surface area contributed by atoms with Crippen LogP contribution in [0.25, 0.3) is 0 Å². The zero-order chi connectivity index (χ0) is 13.7. The maximum atomic E-state index is 9.69. The molecule has 1 aliphatic rings. The predicted octanol–water partition coefficient (Wildman–Crippen LogP) is 1.69. The lowest BCUT2D eigenvalue weighted by Crippen LogP contribution is -2.38. The molecule has 102 valence electrons. The Hall–Kier alpha value is -1.77. The maximum Gasteiger partial charge on any atom is 0.161 e. The highest BCUT2D eigenvalue weighted by Gasteiger charge is 2.23. The van der Waals surface area contributed by atoms with Crippen LogP contribution in [0.3, 0.4) is 0 Å². The van der Waals surface area contributed by atoms with E-state index < -0.39 is 0 Å². The van der Waals surface area contributed by atoms with E-state index in [1.807, 2.05) is 6.92 Å². The third kappa shape index (κ3) is 3.16. The highest BCUT2D eigenvalue weighted by atomic mass is 16.5. The largest absolute Gasteiger partial charge is 0.504 e. The summed E-state index contributed by atoms with van der Waals surface area (Å²) in [4.78, 5) is 2.08. The van der Waals surface area contributed by atoms with Crippen LogP contribution in [0.15, 0.2) is 18.2 Å². The normalized spacial score (nSPS) is 17.7. The first-order valence-electron chi connectivity index (χ1n) is 6.43. The fourth-order valence-corrected chi connectivity index (χ4v) is 2.17. The van der Waals surface area contributed by atoms with Gasteiger partial charge in [-0.15, -0.1) is 0 Å². The maximum absolute atomic E-state index is 9.69. The average Bonchev–Trinajstić information content (AvgIpc) is 2.44. The van der Waals surface area contributed by atoms with Crippen molar-refractivity contribution in [2.24, 2.45) is 0 Å². The Kier molecular flexibility index (Phi) is 4.61. The molecule has 0 aromatic heterocycles. The van der Waals surface area contributed by atoms with E-state index in [1.165, 1.54) is 0 Å². The minimum absolute atomic E-state index is 0.101. The summed E-state index contributed by atoms with van der Waals surface area (Å²) in [6, 6.07) is 7.06. The van der Waals surface area contributed by atoms with Gasteiger partial charge in [-0.25, -0.2) is 0 Å². The number of rotatable bonds is 4. The topological polar surface area (TPSA) is 65.7 Å². The van der Waals surface area contributed by atoms with Gasteiger partial charge >= 0.3 is 0 Å². The summed E-state index contributed by atoms with van der Waals surface area (Å²) >= 11 is 0. The van der Waals surface area contributed by atoms with Crippen LogP contribution >= 0.6 is 0 Å². The fraction of sp³-hybridized carbons (Fsp3) is 0.500. The van der Waals surface area contributed by atoms with Crippen LogP contribution in [-0.4, -0.2) is 42.9 Å². The molecule has 1 atom stereocenters. The van der Waals surface area contributed by atoms with Gasteiger partial charge in [0.1, 0.15) is 6.04 Å². The first-order chi connectivity index (χ1) is 9.26. The second-order valence-electron chi connectivity index (χ2n) is 4.34. The number of hydrogen-bond donors (Lipinski definition) is 1. The molecule has 1 unspecified atom stereocenters. The van der Waals surface area contributed by atoms with Gasteiger partial charge in [0.15, 0.2) is 11.5 Å². The Morgan fingerprint density at radius 3 is 2.84 bits per heavy atom. The van der Waals surface area contributed by atoms with E-state index in [2.05, 4.69) is 11.0 Å². The van der Waals surface area contributed by atoms with Gasteiger partial charge in [-0.3, -0.25) is 4.90 Å². The van der Waals surface area contributed by atoms with Gasteiger partial charge in [0.05, 0.1) is 25.9 Å². The number of benzene rings is 1. The van der Waals surface area contributed by atoms with Crippen LogP contribution in [0.2, 0.25) is 0 Å². The number of phenols is 1. The van der Waals surface area contributed by atoms with Crippen LogP contribution in [-0.2, 0) is 4.74 Å². The third-order valence-corrected chi connectivity index (χ3v) is 3.13. The molecule has 0 radical (unpaired) electrons. The standard InChI is InChI=1S/C14H18N2O3/c1-2-19-14-9-11(3-4-13(14)17)12(10-15)16-5-7-18-8-6-16/h3-4,9,12,17H,2,5-8H2,1H3. The summed E-state index contributed by atoms with van der Waals surface area (Å²) in [7, 11) is 0. The molecule has 0 spiro atoms. The second kappa shape index (κ2) is 6.41. The fourth-order valence-electron chi connectivity index (χ4n) is 2.17. The zero-order valence-electron chi connectivity index (χ0n) is 11.0. The second-order valence-corrected chi connectivity index (χ2v) is 4.34. The molecule has 1 aromatic carbocycles. The smallest absolute Gasteiger partial charge is 0.161 e. The minimum atomic E-state index is -0.330. The Bertz CT molecular complexity index is 464. The van der Waals surface area contributed by atoms with Gasteiger partial charge in [-0.2, -0.15) is 5.26 Å². The molecular weight excluding hydrogens is 244 g/mol. The zero-order valence-corrected chi connectivity index (χ0v) is 11.0. The van der Waals surface area contributed by atoms with Crippen LogP contribution in [0.1, 0.15) is 18.5 Å². The van der Waals surface area contributed by atoms with Gasteiger partial charge in [0.25, 0.3) is 0 Å². The predicted molar refractivity (Wildman–Crippen MR) is 70.0 cm³/mol. The highest BCUT2D eigenvalue weighted by Crippen LogP contribution is 2.31. The van der Waals surface area contributed by atoms with E-state index in [9.17, 15) is 10.4 Å². The molecule has 0 amide bonds. The molecule has 5 heteroatoms. The van der Waals surface area contributed by atoms with Crippen molar-refractivity contribution in [2.45, 2.75) is 13.0 Å². The number of phenolic OH excluding ortho intramolecular Hbond substituents is 1. The minimum Gasteiger partial charge on any atom is -0.504 e. The number of ether oxygens (including phenoxy) is 2. The average molecular weight is 262 g/mol. The number of nitrogens with zero attached hydrogens (tertiary/aromatic N) is 2. The Labute approximate surface area is 113 Å². The first kappa shape index (κ1) is 13.7. The molecule has 1 N–H and O–H groups in total. The molecule has 0 bridgehead atoms. The van der Waals surface area contributed by atoms with Gasteiger partial charge in [0, 0.05) is 13.1 Å².